The van der Waals surface area contributed by atoms with Crippen molar-refractivity contribution in [3.05, 3.63) is 29.0 Å². The average Bonchev–Trinajstić information content (AvgIpc) is 2.39. The zero-order valence-corrected chi connectivity index (χ0v) is 17.0. The Bertz CT molecular complexity index is 440. The van der Waals surface area contributed by atoms with Crippen LogP contribution >= 0.6 is 35.6 Å². The van der Waals surface area contributed by atoms with Gasteiger partial charge in [0, 0.05) is 25.8 Å². The molecule has 1 aromatic heterocycles. The molecular weight excluding hydrogens is 411 g/mol. The van der Waals surface area contributed by atoms with Crippen LogP contribution in [-0.4, -0.2) is 30.6 Å². The van der Waals surface area contributed by atoms with Crippen molar-refractivity contribution in [1.82, 2.24) is 15.6 Å². The van der Waals surface area contributed by atoms with E-state index in [0.29, 0.717) is 10.6 Å². The summed E-state index contributed by atoms with van der Waals surface area (Å²) in [5, 5.41) is 7.15. The molecule has 0 aliphatic heterocycles. The molecule has 1 rings (SSSR count). The third-order valence-electron chi connectivity index (χ3n) is 2.97. The molecule has 0 spiro atoms. The molecule has 6 heteroatoms. The van der Waals surface area contributed by atoms with Gasteiger partial charge < -0.3 is 10.6 Å². The van der Waals surface area contributed by atoms with E-state index >= 15 is 0 Å². The number of nitrogens with zero attached hydrogens (tertiary/aromatic N) is 2. The number of aliphatic imine (C=N–C) groups is 1. The second-order valence-electron chi connectivity index (χ2n) is 6.24. The van der Waals surface area contributed by atoms with E-state index in [1.54, 1.807) is 0 Å². The van der Waals surface area contributed by atoms with Gasteiger partial charge in [0.05, 0.1) is 0 Å². The summed E-state index contributed by atoms with van der Waals surface area (Å²) in [5.41, 5.74) is 1.48. The molecule has 0 radical (unpaired) electrons. The maximum Gasteiger partial charge on any atom is 0.191 e. The van der Waals surface area contributed by atoms with Crippen molar-refractivity contribution in [2.24, 2.45) is 10.4 Å². The highest BCUT2D eigenvalue weighted by atomic mass is 127. The molecule has 2 N–H and O–H groups in total. The van der Waals surface area contributed by atoms with Crippen LogP contribution in [0.3, 0.4) is 0 Å². The van der Waals surface area contributed by atoms with Gasteiger partial charge in [-0.1, -0.05) is 38.4 Å². The van der Waals surface area contributed by atoms with Crippen molar-refractivity contribution in [2.45, 2.75) is 40.5 Å². The minimum absolute atomic E-state index is 0. The summed E-state index contributed by atoms with van der Waals surface area (Å²) in [7, 11) is 0. The van der Waals surface area contributed by atoms with Gasteiger partial charge in [-0.3, -0.25) is 4.99 Å². The lowest BCUT2D eigenvalue weighted by Gasteiger charge is -2.17. The maximum atomic E-state index is 5.78. The molecule has 126 valence electrons. The van der Waals surface area contributed by atoms with Crippen LogP contribution in [0.15, 0.2) is 23.3 Å². The molecule has 0 saturated heterocycles. The van der Waals surface area contributed by atoms with Crippen molar-refractivity contribution in [1.29, 1.82) is 0 Å². The highest BCUT2D eigenvalue weighted by Crippen LogP contribution is 2.17. The van der Waals surface area contributed by atoms with Crippen molar-refractivity contribution in [2.75, 3.05) is 19.6 Å². The lowest BCUT2D eigenvalue weighted by molar-refractivity contribution is 0.385. The second-order valence-corrected chi connectivity index (χ2v) is 6.62. The third kappa shape index (κ3) is 10.2. The Kier molecular flexibility index (Phi) is 10.8. The van der Waals surface area contributed by atoms with Crippen LogP contribution in [0.25, 0.3) is 0 Å². The van der Waals surface area contributed by atoms with Crippen LogP contribution in [0.2, 0.25) is 5.15 Å². The van der Waals surface area contributed by atoms with Gasteiger partial charge in [-0.2, -0.15) is 0 Å². The fourth-order valence-electron chi connectivity index (χ4n) is 1.72. The molecule has 22 heavy (non-hydrogen) atoms. The van der Waals surface area contributed by atoms with E-state index in [9.17, 15) is 0 Å². The molecule has 0 aromatic carbocycles. The standard InChI is InChI=1S/C16H27ClN4.HI/c1-5-18-15(20-11-9-16(2,3)4)19-10-8-13-6-7-14(17)21-12-13;/h6-7,12H,5,8-11H2,1-4H3,(H2,18,19,20);1H. The van der Waals surface area contributed by atoms with E-state index < -0.39 is 0 Å². The highest BCUT2D eigenvalue weighted by molar-refractivity contribution is 14.0. The fraction of sp³-hybridized carbons (Fsp3) is 0.625. The molecule has 4 nitrogen and oxygen atoms in total. The van der Waals surface area contributed by atoms with Gasteiger partial charge in [0.2, 0.25) is 0 Å². The number of guanidine groups is 1. The molecule has 1 aromatic rings. The Morgan fingerprint density at radius 1 is 1.27 bits per heavy atom. The summed E-state index contributed by atoms with van der Waals surface area (Å²) < 4.78 is 0. The Morgan fingerprint density at radius 2 is 2.00 bits per heavy atom. The highest BCUT2D eigenvalue weighted by Gasteiger charge is 2.09. The lowest BCUT2D eigenvalue weighted by atomic mass is 9.93. The normalized spacial score (nSPS) is 11.8. The van der Waals surface area contributed by atoms with Crippen LogP contribution in [0.4, 0.5) is 0 Å². The van der Waals surface area contributed by atoms with E-state index in [2.05, 4.69) is 48.3 Å². The number of aromatic nitrogens is 1. The first-order chi connectivity index (χ1) is 9.90. The summed E-state index contributed by atoms with van der Waals surface area (Å²) in [6, 6.07) is 3.82. The number of rotatable bonds is 6. The number of hydrogen-bond donors (Lipinski definition) is 2. The number of pyridine rings is 1. The molecule has 0 amide bonds. The molecule has 0 aliphatic carbocycles. The minimum atomic E-state index is 0. The second kappa shape index (κ2) is 11.0. The van der Waals surface area contributed by atoms with Crippen LogP contribution in [0, 0.1) is 5.41 Å². The predicted octanol–water partition coefficient (Wildman–Crippen LogP) is 3.89. The predicted molar refractivity (Wildman–Crippen MR) is 106 cm³/mol. The molecule has 0 atom stereocenters. The Hall–Kier alpha value is -0.560. The van der Waals surface area contributed by atoms with Crippen LogP contribution in [0.5, 0.6) is 0 Å². The molecule has 0 bridgehead atoms. The van der Waals surface area contributed by atoms with E-state index in [-0.39, 0.29) is 24.0 Å². The summed E-state index contributed by atoms with van der Waals surface area (Å²) in [5.74, 6) is 0.878. The first-order valence-electron chi connectivity index (χ1n) is 7.53. The minimum Gasteiger partial charge on any atom is -0.357 e. The maximum absolute atomic E-state index is 5.78. The quantitative estimate of drug-likeness (QED) is 0.307. The monoisotopic (exact) mass is 438 g/mol. The third-order valence-corrected chi connectivity index (χ3v) is 3.19. The van der Waals surface area contributed by atoms with Gasteiger partial charge in [-0.25, -0.2) is 4.98 Å². The van der Waals surface area contributed by atoms with Crippen LogP contribution in [0.1, 0.15) is 39.7 Å². The van der Waals surface area contributed by atoms with Gasteiger partial charge in [0.15, 0.2) is 5.96 Å². The van der Waals surface area contributed by atoms with Gasteiger partial charge in [0.1, 0.15) is 5.15 Å². The SMILES string of the molecule is CCNC(=NCCC(C)(C)C)NCCc1ccc(Cl)nc1.I. The van der Waals surface area contributed by atoms with Gasteiger partial charge >= 0.3 is 0 Å². The summed E-state index contributed by atoms with van der Waals surface area (Å²) in [6.07, 6.45) is 3.78. The number of halogens is 2. The first kappa shape index (κ1) is 21.4. The van der Waals surface area contributed by atoms with Gasteiger partial charge in [-0.15, -0.1) is 24.0 Å². The molecule has 0 saturated carbocycles. The number of hydrogen-bond acceptors (Lipinski definition) is 2. The average molecular weight is 439 g/mol. The molecular formula is C16H28ClIN4. The zero-order valence-electron chi connectivity index (χ0n) is 13.9. The molecule has 1 heterocycles. The summed E-state index contributed by atoms with van der Waals surface area (Å²) in [6.45, 7) is 11.3. The first-order valence-corrected chi connectivity index (χ1v) is 7.91. The largest absolute Gasteiger partial charge is 0.357 e. The van der Waals surface area contributed by atoms with Crippen LogP contribution in [-0.2, 0) is 6.42 Å². The van der Waals surface area contributed by atoms with E-state index in [1.807, 2.05) is 18.3 Å². The van der Waals surface area contributed by atoms with Crippen molar-refractivity contribution >= 4 is 41.5 Å². The van der Waals surface area contributed by atoms with Crippen molar-refractivity contribution in [3.63, 3.8) is 0 Å². The van der Waals surface area contributed by atoms with Crippen molar-refractivity contribution < 1.29 is 0 Å². The Labute approximate surface area is 156 Å². The van der Waals surface area contributed by atoms with Crippen molar-refractivity contribution in [3.8, 4) is 0 Å². The van der Waals surface area contributed by atoms with Gasteiger partial charge in [0.25, 0.3) is 0 Å². The van der Waals surface area contributed by atoms with E-state index in [4.69, 9.17) is 11.6 Å². The topological polar surface area (TPSA) is 49.3 Å². The van der Waals surface area contributed by atoms with Crippen LogP contribution < -0.4 is 10.6 Å². The summed E-state index contributed by atoms with van der Waals surface area (Å²) >= 11 is 5.78. The zero-order chi connectivity index (χ0) is 15.7. The fourth-order valence-corrected chi connectivity index (χ4v) is 1.84. The smallest absolute Gasteiger partial charge is 0.191 e. The summed E-state index contributed by atoms with van der Waals surface area (Å²) in [4.78, 5) is 8.68. The Morgan fingerprint density at radius 3 is 2.55 bits per heavy atom. The van der Waals surface area contributed by atoms with Gasteiger partial charge in [-0.05, 0) is 36.8 Å². The number of nitrogens with one attached hydrogen (secondary N) is 2. The molecule has 0 aliphatic rings. The van der Waals surface area contributed by atoms with E-state index in [1.165, 1.54) is 0 Å². The Balaban J connectivity index is 0.00000441. The molecule has 0 fully saturated rings. The van der Waals surface area contributed by atoms with E-state index in [0.717, 1.165) is 44.0 Å². The molecule has 0 unspecified atom stereocenters. The lowest BCUT2D eigenvalue weighted by Crippen LogP contribution is -2.38.